The van der Waals surface area contributed by atoms with Crippen LogP contribution in [0.5, 0.6) is 0 Å². The molecular formula is C12H14BrF2N. The largest absolute Gasteiger partial charge is 0.371 e. The molecule has 1 heterocycles. The van der Waals surface area contributed by atoms with Crippen LogP contribution in [-0.2, 0) is 0 Å². The van der Waals surface area contributed by atoms with Crippen LogP contribution in [0, 0.1) is 0 Å². The number of alkyl halides is 2. The van der Waals surface area contributed by atoms with Crippen molar-refractivity contribution in [1.82, 2.24) is 0 Å². The number of halogens is 3. The van der Waals surface area contributed by atoms with Crippen LogP contribution in [-0.4, -0.2) is 13.1 Å². The molecular weight excluding hydrogens is 276 g/mol. The zero-order valence-corrected chi connectivity index (χ0v) is 10.5. The van der Waals surface area contributed by atoms with E-state index >= 15 is 0 Å². The van der Waals surface area contributed by atoms with Gasteiger partial charge < -0.3 is 4.90 Å². The number of nitrogens with zero attached hydrogens (tertiary/aromatic N) is 1. The predicted molar refractivity (Wildman–Crippen MR) is 65.2 cm³/mol. The molecule has 1 aromatic carbocycles. The summed E-state index contributed by atoms with van der Waals surface area (Å²) in [6, 6.07) is 4.82. The van der Waals surface area contributed by atoms with Crippen molar-refractivity contribution < 1.29 is 8.78 Å². The number of piperidine rings is 1. The number of rotatable bonds is 2. The van der Waals surface area contributed by atoms with E-state index < -0.39 is 6.43 Å². The second-order valence-corrected chi connectivity index (χ2v) is 4.91. The first kappa shape index (κ1) is 11.8. The lowest BCUT2D eigenvalue weighted by molar-refractivity contribution is 0.151. The second kappa shape index (κ2) is 5.13. The fraction of sp³-hybridized carbons (Fsp3) is 0.500. The molecule has 1 saturated heterocycles. The highest BCUT2D eigenvalue weighted by molar-refractivity contribution is 9.10. The third-order valence-electron chi connectivity index (χ3n) is 2.92. The monoisotopic (exact) mass is 289 g/mol. The van der Waals surface area contributed by atoms with Crippen molar-refractivity contribution in [3.05, 3.63) is 28.2 Å². The van der Waals surface area contributed by atoms with Gasteiger partial charge in [0.2, 0.25) is 0 Å². The van der Waals surface area contributed by atoms with Crippen molar-refractivity contribution in [2.45, 2.75) is 25.7 Å². The number of hydrogen-bond acceptors (Lipinski definition) is 1. The maximum absolute atomic E-state index is 12.5. The van der Waals surface area contributed by atoms with E-state index in [0.717, 1.165) is 23.2 Å². The second-order valence-electron chi connectivity index (χ2n) is 4.06. The Labute approximate surface area is 103 Å². The summed E-state index contributed by atoms with van der Waals surface area (Å²) >= 11 is 3.38. The zero-order valence-electron chi connectivity index (χ0n) is 8.93. The molecule has 0 spiro atoms. The fourth-order valence-electron chi connectivity index (χ4n) is 2.05. The predicted octanol–water partition coefficient (Wildman–Crippen LogP) is 4.38. The molecule has 1 aliphatic heterocycles. The summed E-state index contributed by atoms with van der Waals surface area (Å²) < 4.78 is 25.7. The van der Waals surface area contributed by atoms with E-state index in [2.05, 4.69) is 20.8 Å². The molecule has 0 aromatic heterocycles. The lowest BCUT2D eigenvalue weighted by Crippen LogP contribution is -2.29. The molecule has 0 aliphatic carbocycles. The van der Waals surface area contributed by atoms with E-state index in [9.17, 15) is 8.78 Å². The van der Waals surface area contributed by atoms with Gasteiger partial charge in [-0.2, -0.15) is 0 Å². The molecule has 1 nitrogen and oxygen atoms in total. The van der Waals surface area contributed by atoms with Crippen molar-refractivity contribution in [1.29, 1.82) is 0 Å². The SMILES string of the molecule is FC(F)c1ccc(N2CCCCC2)c(Br)c1. The molecule has 1 aliphatic rings. The molecule has 0 atom stereocenters. The topological polar surface area (TPSA) is 3.24 Å². The molecule has 0 saturated carbocycles. The molecule has 1 fully saturated rings. The van der Waals surface area contributed by atoms with E-state index in [1.807, 2.05) is 0 Å². The summed E-state index contributed by atoms with van der Waals surface area (Å²) in [6.07, 6.45) is 1.24. The quantitative estimate of drug-likeness (QED) is 0.781. The van der Waals surface area contributed by atoms with E-state index in [4.69, 9.17) is 0 Å². The van der Waals surface area contributed by atoms with Crippen molar-refractivity contribution in [3.63, 3.8) is 0 Å². The van der Waals surface area contributed by atoms with Crippen molar-refractivity contribution in [3.8, 4) is 0 Å². The van der Waals surface area contributed by atoms with Gasteiger partial charge in [-0.1, -0.05) is 6.07 Å². The van der Waals surface area contributed by atoms with E-state index in [1.165, 1.54) is 31.4 Å². The number of benzene rings is 1. The van der Waals surface area contributed by atoms with Gasteiger partial charge in [0.05, 0.1) is 5.69 Å². The Morgan fingerprint density at radius 2 is 1.81 bits per heavy atom. The van der Waals surface area contributed by atoms with Crippen LogP contribution in [0.2, 0.25) is 0 Å². The van der Waals surface area contributed by atoms with Crippen molar-refractivity contribution >= 4 is 21.6 Å². The summed E-state index contributed by atoms with van der Waals surface area (Å²) in [5, 5.41) is 0. The lowest BCUT2D eigenvalue weighted by atomic mass is 10.1. The van der Waals surface area contributed by atoms with Gasteiger partial charge in [-0.25, -0.2) is 8.78 Å². The summed E-state index contributed by atoms with van der Waals surface area (Å²) in [7, 11) is 0. The average molecular weight is 290 g/mol. The van der Waals surface area contributed by atoms with Gasteiger partial charge >= 0.3 is 0 Å². The van der Waals surface area contributed by atoms with E-state index in [1.54, 1.807) is 6.07 Å². The standard InChI is InChI=1S/C12H14BrF2N/c13-10-8-9(12(14)15)4-5-11(10)16-6-2-1-3-7-16/h4-5,8,12H,1-3,6-7H2. The van der Waals surface area contributed by atoms with E-state index in [0.29, 0.717) is 0 Å². The first-order valence-electron chi connectivity index (χ1n) is 5.51. The Morgan fingerprint density at radius 3 is 2.38 bits per heavy atom. The molecule has 0 unspecified atom stereocenters. The molecule has 0 radical (unpaired) electrons. The fourth-order valence-corrected chi connectivity index (χ4v) is 2.70. The highest BCUT2D eigenvalue weighted by Gasteiger charge is 2.15. The number of anilines is 1. The van der Waals surface area contributed by atoms with Gasteiger partial charge in [-0.05, 0) is 47.3 Å². The summed E-state index contributed by atoms with van der Waals surface area (Å²) in [5.41, 5.74) is 1.11. The van der Waals surface area contributed by atoms with Crippen molar-refractivity contribution in [2.24, 2.45) is 0 Å². The van der Waals surface area contributed by atoms with Crippen LogP contribution in [0.15, 0.2) is 22.7 Å². The average Bonchev–Trinajstić information content (AvgIpc) is 2.30. The van der Waals surface area contributed by atoms with Gasteiger partial charge in [0.25, 0.3) is 6.43 Å². The molecule has 0 bridgehead atoms. The maximum Gasteiger partial charge on any atom is 0.263 e. The van der Waals surface area contributed by atoms with Gasteiger partial charge in [0, 0.05) is 23.1 Å². The smallest absolute Gasteiger partial charge is 0.263 e. The summed E-state index contributed by atoms with van der Waals surface area (Å²) in [5.74, 6) is 0. The molecule has 4 heteroatoms. The molecule has 88 valence electrons. The Balaban J connectivity index is 2.21. The molecule has 0 N–H and O–H groups in total. The van der Waals surface area contributed by atoms with Gasteiger partial charge in [-0.3, -0.25) is 0 Å². The van der Waals surface area contributed by atoms with Crippen LogP contribution < -0.4 is 4.90 Å². The highest BCUT2D eigenvalue weighted by atomic mass is 79.9. The third-order valence-corrected chi connectivity index (χ3v) is 3.56. The first-order chi connectivity index (χ1) is 7.68. The van der Waals surface area contributed by atoms with E-state index in [-0.39, 0.29) is 5.56 Å². The summed E-state index contributed by atoms with van der Waals surface area (Å²) in [4.78, 5) is 2.25. The Hall–Kier alpha value is -0.640. The molecule has 16 heavy (non-hydrogen) atoms. The maximum atomic E-state index is 12.5. The Bertz CT molecular complexity index is 362. The van der Waals surface area contributed by atoms with Crippen LogP contribution in [0.3, 0.4) is 0 Å². The minimum absolute atomic E-state index is 0.0765. The Morgan fingerprint density at radius 1 is 1.12 bits per heavy atom. The van der Waals surface area contributed by atoms with Crippen LogP contribution in [0.4, 0.5) is 14.5 Å². The molecule has 0 amide bonds. The van der Waals surface area contributed by atoms with Crippen LogP contribution in [0.25, 0.3) is 0 Å². The zero-order chi connectivity index (χ0) is 11.5. The minimum Gasteiger partial charge on any atom is -0.371 e. The molecule has 1 aromatic rings. The van der Waals surface area contributed by atoms with Gasteiger partial charge in [0.15, 0.2) is 0 Å². The van der Waals surface area contributed by atoms with Crippen molar-refractivity contribution in [2.75, 3.05) is 18.0 Å². The minimum atomic E-state index is -2.40. The van der Waals surface area contributed by atoms with Crippen LogP contribution in [0.1, 0.15) is 31.3 Å². The Kier molecular flexibility index (Phi) is 3.79. The van der Waals surface area contributed by atoms with Gasteiger partial charge in [-0.15, -0.1) is 0 Å². The lowest BCUT2D eigenvalue weighted by Gasteiger charge is -2.29. The third kappa shape index (κ3) is 2.54. The highest BCUT2D eigenvalue weighted by Crippen LogP contribution is 2.32. The normalized spacial score (nSPS) is 16.9. The first-order valence-corrected chi connectivity index (χ1v) is 6.30. The number of hydrogen-bond donors (Lipinski definition) is 0. The van der Waals surface area contributed by atoms with Gasteiger partial charge in [0.1, 0.15) is 0 Å². The molecule has 2 rings (SSSR count). The summed E-state index contributed by atoms with van der Waals surface area (Å²) in [6.45, 7) is 2.04. The van der Waals surface area contributed by atoms with Crippen LogP contribution >= 0.6 is 15.9 Å².